The molecule has 1 unspecified atom stereocenters. The van der Waals surface area contributed by atoms with Crippen molar-refractivity contribution in [2.24, 2.45) is 16.1 Å². The Labute approximate surface area is 128 Å². The van der Waals surface area contributed by atoms with Gasteiger partial charge in [0.05, 0.1) is 0 Å². The Hall–Kier alpha value is -1.35. The maximum absolute atomic E-state index is 6.10. The number of nitrogens with two attached hydrogens (primary N) is 1. The number of hydrogen-bond acceptors (Lipinski definition) is 3. The molecule has 2 aliphatic rings. The van der Waals surface area contributed by atoms with Crippen LogP contribution in [0.3, 0.4) is 0 Å². The number of rotatable bonds is 2. The van der Waals surface area contributed by atoms with Gasteiger partial charge in [-0.3, -0.25) is 5.32 Å². The van der Waals surface area contributed by atoms with E-state index >= 15 is 0 Å². The van der Waals surface area contributed by atoms with Crippen molar-refractivity contribution >= 4 is 5.84 Å². The molecule has 1 saturated carbocycles. The fraction of sp³-hybridized carbons (Fsp3) is 0.611. The Kier molecular flexibility index (Phi) is 4.03. The highest BCUT2D eigenvalue weighted by Gasteiger charge is 2.29. The minimum atomic E-state index is -0.0431. The zero-order valence-electron chi connectivity index (χ0n) is 13.2. The molecule has 3 nitrogen and oxygen atoms in total. The summed E-state index contributed by atoms with van der Waals surface area (Å²) in [6, 6.07) is 9.02. The highest BCUT2D eigenvalue weighted by atomic mass is 15.1. The van der Waals surface area contributed by atoms with Crippen molar-refractivity contribution in [1.29, 1.82) is 0 Å². The lowest BCUT2D eigenvalue weighted by Gasteiger charge is -2.33. The number of nitrogens with zero attached hydrogens (tertiary/aromatic N) is 1. The van der Waals surface area contributed by atoms with Gasteiger partial charge in [-0.05, 0) is 29.9 Å². The summed E-state index contributed by atoms with van der Waals surface area (Å²) in [5.41, 5.74) is 8.76. The van der Waals surface area contributed by atoms with E-state index in [4.69, 9.17) is 5.73 Å². The van der Waals surface area contributed by atoms with E-state index in [9.17, 15) is 0 Å². The summed E-state index contributed by atoms with van der Waals surface area (Å²) in [5.74, 6) is 1.52. The third kappa shape index (κ3) is 3.13. The van der Waals surface area contributed by atoms with Crippen LogP contribution < -0.4 is 11.1 Å². The summed E-state index contributed by atoms with van der Waals surface area (Å²) in [7, 11) is 0. The molecule has 0 bridgehead atoms. The number of hydrogen-bond donors (Lipinski definition) is 2. The van der Waals surface area contributed by atoms with Gasteiger partial charge in [0.15, 0.2) is 0 Å². The van der Waals surface area contributed by atoms with Gasteiger partial charge in [-0.1, -0.05) is 57.4 Å². The van der Waals surface area contributed by atoms with E-state index in [0.717, 1.165) is 18.3 Å². The molecule has 0 spiro atoms. The summed E-state index contributed by atoms with van der Waals surface area (Å²) in [6.07, 6.45) is 6.88. The summed E-state index contributed by atoms with van der Waals surface area (Å²) in [4.78, 5) is 4.63. The molecule has 0 aromatic heterocycles. The maximum Gasteiger partial charge on any atom is 0.127 e. The predicted octanol–water partition coefficient (Wildman–Crippen LogP) is 3.72. The van der Waals surface area contributed by atoms with Crippen LogP contribution in [-0.2, 0) is 0 Å². The fourth-order valence-corrected chi connectivity index (χ4v) is 3.38. The zero-order chi connectivity index (χ0) is 14.9. The van der Waals surface area contributed by atoms with Gasteiger partial charge in [0, 0.05) is 12.0 Å². The average Bonchev–Trinajstić information content (AvgIpc) is 2.51. The molecule has 1 atom stereocenters. The lowest BCUT2D eigenvalue weighted by molar-refractivity contribution is 0.388. The second kappa shape index (κ2) is 5.80. The highest BCUT2D eigenvalue weighted by molar-refractivity contribution is 5.86. The Bertz CT molecular complexity index is 510. The van der Waals surface area contributed by atoms with Crippen molar-refractivity contribution in [3.8, 4) is 0 Å². The molecule has 21 heavy (non-hydrogen) atoms. The number of benzene rings is 1. The van der Waals surface area contributed by atoms with Gasteiger partial charge in [-0.15, -0.1) is 0 Å². The molecular weight excluding hydrogens is 258 g/mol. The van der Waals surface area contributed by atoms with Crippen LogP contribution >= 0.6 is 0 Å². The molecule has 3 heteroatoms. The van der Waals surface area contributed by atoms with Crippen LogP contribution in [0.5, 0.6) is 0 Å². The lowest BCUT2D eigenvalue weighted by Crippen LogP contribution is -2.46. The zero-order valence-corrected chi connectivity index (χ0v) is 13.2. The van der Waals surface area contributed by atoms with Gasteiger partial charge in [0.25, 0.3) is 0 Å². The van der Waals surface area contributed by atoms with E-state index in [0.29, 0.717) is 0 Å². The highest BCUT2D eigenvalue weighted by Crippen LogP contribution is 2.33. The van der Waals surface area contributed by atoms with Crippen molar-refractivity contribution in [1.82, 2.24) is 5.32 Å². The number of amidine groups is 1. The fourth-order valence-electron chi connectivity index (χ4n) is 3.38. The van der Waals surface area contributed by atoms with Crippen LogP contribution in [0.4, 0.5) is 0 Å². The Morgan fingerprint density at radius 2 is 1.67 bits per heavy atom. The number of nitrogens with one attached hydrogen (secondary N) is 1. The topological polar surface area (TPSA) is 50.4 Å². The molecule has 3 N–H and O–H groups in total. The van der Waals surface area contributed by atoms with Crippen LogP contribution in [-0.4, -0.2) is 12.4 Å². The summed E-state index contributed by atoms with van der Waals surface area (Å²) >= 11 is 0. The van der Waals surface area contributed by atoms with Crippen molar-refractivity contribution in [3.63, 3.8) is 0 Å². The molecule has 1 aromatic rings. The van der Waals surface area contributed by atoms with Gasteiger partial charge >= 0.3 is 0 Å². The van der Waals surface area contributed by atoms with Gasteiger partial charge in [0.1, 0.15) is 12.0 Å². The SMILES string of the molecule is CC1(C)CNC(c2ccc(C3CCCCC3)cc2)N=C1N. The van der Waals surface area contributed by atoms with Crippen molar-refractivity contribution in [3.05, 3.63) is 35.4 Å². The first-order valence-electron chi connectivity index (χ1n) is 8.23. The first kappa shape index (κ1) is 14.6. The van der Waals surface area contributed by atoms with Crippen LogP contribution in [0.15, 0.2) is 29.3 Å². The maximum atomic E-state index is 6.10. The molecule has 1 heterocycles. The predicted molar refractivity (Wildman–Crippen MR) is 88.4 cm³/mol. The Balaban J connectivity index is 1.74. The molecule has 0 radical (unpaired) electrons. The first-order valence-corrected chi connectivity index (χ1v) is 8.23. The molecule has 0 amide bonds. The second-order valence-electron chi connectivity index (χ2n) is 7.18. The molecule has 1 aliphatic heterocycles. The van der Waals surface area contributed by atoms with Gasteiger partial charge in [-0.25, -0.2) is 4.99 Å². The van der Waals surface area contributed by atoms with Crippen LogP contribution in [0.25, 0.3) is 0 Å². The molecule has 1 aliphatic carbocycles. The van der Waals surface area contributed by atoms with E-state index in [2.05, 4.69) is 48.4 Å². The van der Waals surface area contributed by atoms with E-state index < -0.39 is 0 Å². The minimum Gasteiger partial charge on any atom is -0.387 e. The first-order chi connectivity index (χ1) is 10.1. The lowest BCUT2D eigenvalue weighted by atomic mass is 9.84. The van der Waals surface area contributed by atoms with Gasteiger partial charge in [0.2, 0.25) is 0 Å². The Morgan fingerprint density at radius 1 is 1.05 bits per heavy atom. The summed E-state index contributed by atoms with van der Waals surface area (Å²) in [6.45, 7) is 5.12. The monoisotopic (exact) mass is 285 g/mol. The summed E-state index contributed by atoms with van der Waals surface area (Å²) in [5, 5.41) is 3.49. The largest absolute Gasteiger partial charge is 0.387 e. The quantitative estimate of drug-likeness (QED) is 0.870. The molecule has 0 saturated heterocycles. The van der Waals surface area contributed by atoms with E-state index in [1.165, 1.54) is 43.2 Å². The van der Waals surface area contributed by atoms with Gasteiger partial charge in [-0.2, -0.15) is 0 Å². The van der Waals surface area contributed by atoms with Crippen LogP contribution in [0.1, 0.15) is 69.2 Å². The second-order valence-corrected chi connectivity index (χ2v) is 7.18. The standard InChI is InChI=1S/C18H27N3/c1-18(2)12-20-16(21-17(18)19)15-10-8-14(9-11-15)13-6-4-3-5-7-13/h8-11,13,16,20H,3-7,12H2,1-2H3,(H2,19,21). The normalized spacial score (nSPS) is 26.4. The molecule has 3 rings (SSSR count). The average molecular weight is 285 g/mol. The van der Waals surface area contributed by atoms with E-state index in [1.54, 1.807) is 0 Å². The third-order valence-electron chi connectivity index (χ3n) is 5.03. The Morgan fingerprint density at radius 3 is 2.29 bits per heavy atom. The molecular formula is C18H27N3. The van der Waals surface area contributed by atoms with Crippen molar-refractivity contribution < 1.29 is 0 Å². The van der Waals surface area contributed by atoms with E-state index in [-0.39, 0.29) is 11.6 Å². The van der Waals surface area contributed by atoms with Crippen LogP contribution in [0.2, 0.25) is 0 Å². The molecule has 114 valence electrons. The minimum absolute atomic E-state index is 0.0124. The third-order valence-corrected chi connectivity index (χ3v) is 5.03. The van der Waals surface area contributed by atoms with Crippen LogP contribution in [0, 0.1) is 5.41 Å². The smallest absolute Gasteiger partial charge is 0.127 e. The summed E-state index contributed by atoms with van der Waals surface area (Å²) < 4.78 is 0. The molecule has 1 aromatic carbocycles. The molecule has 1 fully saturated rings. The van der Waals surface area contributed by atoms with Gasteiger partial charge < -0.3 is 5.73 Å². The van der Waals surface area contributed by atoms with Crippen molar-refractivity contribution in [2.75, 3.05) is 6.54 Å². The van der Waals surface area contributed by atoms with E-state index in [1.807, 2.05) is 0 Å². The number of aliphatic imine (C=N–C) groups is 1. The van der Waals surface area contributed by atoms with Crippen molar-refractivity contribution in [2.45, 2.75) is 58.0 Å².